The van der Waals surface area contributed by atoms with Crippen molar-refractivity contribution in [2.75, 3.05) is 7.11 Å². The number of allylic oxidation sites excluding steroid dienone is 1. The third-order valence-electron chi connectivity index (χ3n) is 6.21. The number of nitrogens with one attached hydrogen (secondary N) is 2. The van der Waals surface area contributed by atoms with Gasteiger partial charge in [-0.25, -0.2) is 4.99 Å². The lowest BCUT2D eigenvalue weighted by molar-refractivity contribution is 0.303. The molecule has 1 unspecified atom stereocenters. The van der Waals surface area contributed by atoms with E-state index in [1.54, 1.807) is 7.11 Å². The Morgan fingerprint density at radius 2 is 1.79 bits per heavy atom. The lowest BCUT2D eigenvalue weighted by Crippen LogP contribution is -2.00. The van der Waals surface area contributed by atoms with E-state index in [1.807, 2.05) is 6.08 Å². The summed E-state index contributed by atoms with van der Waals surface area (Å²) in [6.45, 7) is 2.29. The van der Waals surface area contributed by atoms with Gasteiger partial charge in [-0.1, -0.05) is 39.0 Å². The van der Waals surface area contributed by atoms with Gasteiger partial charge >= 0.3 is 0 Å². The summed E-state index contributed by atoms with van der Waals surface area (Å²) in [7, 11) is 1.71. The highest BCUT2D eigenvalue weighted by atomic mass is 16.5. The van der Waals surface area contributed by atoms with E-state index in [4.69, 9.17) is 9.73 Å². The summed E-state index contributed by atoms with van der Waals surface area (Å²) >= 11 is 0. The lowest BCUT2D eigenvalue weighted by atomic mass is 9.95. The summed E-state index contributed by atoms with van der Waals surface area (Å²) in [6.07, 6.45) is 15.6. The lowest BCUT2D eigenvalue weighted by Gasteiger charge is -2.13. The van der Waals surface area contributed by atoms with Crippen LogP contribution in [0.1, 0.15) is 87.0 Å². The minimum absolute atomic E-state index is 0.603. The van der Waals surface area contributed by atoms with Crippen LogP contribution in [-0.4, -0.2) is 22.8 Å². The van der Waals surface area contributed by atoms with Crippen molar-refractivity contribution in [3.63, 3.8) is 0 Å². The summed E-state index contributed by atoms with van der Waals surface area (Å²) in [6, 6.07) is 8.74. The summed E-state index contributed by atoms with van der Waals surface area (Å²) in [5.74, 6) is 1.42. The maximum Gasteiger partial charge on any atom is 0.146 e. The predicted molar refractivity (Wildman–Crippen MR) is 120 cm³/mol. The van der Waals surface area contributed by atoms with E-state index in [-0.39, 0.29) is 0 Å². The summed E-state index contributed by atoms with van der Waals surface area (Å²) in [4.78, 5) is 12.0. The van der Waals surface area contributed by atoms with Crippen LogP contribution in [0.25, 0.3) is 6.08 Å². The first-order valence-corrected chi connectivity index (χ1v) is 11.2. The molecule has 4 heterocycles. The maximum atomic E-state index is 5.61. The number of aromatic amines is 2. The fraction of sp³-hybridized carbons (Fsp3) is 0.480. The van der Waals surface area contributed by atoms with Crippen LogP contribution in [0.15, 0.2) is 46.8 Å². The zero-order valence-electron chi connectivity index (χ0n) is 17.8. The highest BCUT2D eigenvalue weighted by Gasteiger charge is 2.19. The molecule has 2 N–H and O–H groups in total. The highest BCUT2D eigenvalue weighted by Crippen LogP contribution is 2.29. The zero-order chi connectivity index (χ0) is 20.1. The first-order valence-electron chi connectivity index (χ1n) is 11.2. The number of H-pyrrole nitrogens is 2. The van der Waals surface area contributed by atoms with Gasteiger partial charge in [0.05, 0.1) is 18.5 Å². The van der Waals surface area contributed by atoms with Crippen LogP contribution in [-0.2, 0) is 11.2 Å². The van der Waals surface area contributed by atoms with Crippen molar-refractivity contribution in [2.24, 2.45) is 4.99 Å². The standard InChI is InChI=1S/C25H33N3O/c1-3-18-10-8-6-4-5-7-9-11-19-12-13-20(26-19)16-24-25(29-2)17-23(28-24)22-15-14-21(18)27-22/h12-18,26-27H,3-11H2,1-2H3. The zero-order valence-corrected chi connectivity index (χ0v) is 17.8. The van der Waals surface area contributed by atoms with E-state index in [0.29, 0.717) is 5.92 Å². The van der Waals surface area contributed by atoms with Gasteiger partial charge in [0.25, 0.3) is 0 Å². The number of aliphatic imine (C=N–C) groups is 1. The molecule has 4 rings (SSSR count). The molecule has 0 aromatic carbocycles. The minimum Gasteiger partial charge on any atom is -0.494 e. The third-order valence-corrected chi connectivity index (χ3v) is 6.21. The molecule has 0 radical (unpaired) electrons. The molecule has 2 aliphatic rings. The Morgan fingerprint density at radius 3 is 2.62 bits per heavy atom. The maximum absolute atomic E-state index is 5.61. The second-order valence-electron chi connectivity index (χ2n) is 8.27. The molecule has 0 saturated carbocycles. The van der Waals surface area contributed by atoms with Gasteiger partial charge in [-0.15, -0.1) is 0 Å². The molecule has 0 aliphatic carbocycles. The van der Waals surface area contributed by atoms with E-state index in [0.717, 1.165) is 35.0 Å². The van der Waals surface area contributed by atoms with E-state index in [1.165, 1.54) is 62.8 Å². The fourth-order valence-electron chi connectivity index (χ4n) is 4.45. The fourth-order valence-corrected chi connectivity index (χ4v) is 4.45. The molecule has 154 valence electrons. The van der Waals surface area contributed by atoms with E-state index in [9.17, 15) is 0 Å². The largest absolute Gasteiger partial charge is 0.494 e. The van der Waals surface area contributed by atoms with Crippen LogP contribution in [0.2, 0.25) is 0 Å². The van der Waals surface area contributed by atoms with Crippen molar-refractivity contribution in [2.45, 2.75) is 70.6 Å². The molecule has 0 saturated heterocycles. The Bertz CT molecular complexity index is 912. The molecular formula is C25H33N3O. The van der Waals surface area contributed by atoms with Crippen LogP contribution < -0.4 is 0 Å². The number of fused-ring (bicyclic) bond motifs is 6. The predicted octanol–water partition coefficient (Wildman–Crippen LogP) is 6.50. The average molecular weight is 392 g/mol. The Hall–Kier alpha value is -2.49. The summed E-state index contributed by atoms with van der Waals surface area (Å²) in [5, 5.41) is 0. The van der Waals surface area contributed by atoms with Gasteiger partial charge in [-0.05, 0) is 61.9 Å². The van der Waals surface area contributed by atoms with Crippen LogP contribution in [0.3, 0.4) is 0 Å². The molecule has 6 bridgehead atoms. The molecule has 0 amide bonds. The minimum atomic E-state index is 0.603. The summed E-state index contributed by atoms with van der Waals surface area (Å²) < 4.78 is 5.61. The quantitative estimate of drug-likeness (QED) is 0.603. The molecule has 29 heavy (non-hydrogen) atoms. The molecule has 2 aromatic rings. The number of hydrogen-bond donors (Lipinski definition) is 2. The first-order chi connectivity index (χ1) is 14.3. The van der Waals surface area contributed by atoms with Gasteiger partial charge in [-0.2, -0.15) is 0 Å². The number of rotatable bonds is 2. The number of methoxy groups -OCH3 is 1. The van der Waals surface area contributed by atoms with E-state index in [2.05, 4.69) is 47.2 Å². The number of nitrogens with zero attached hydrogens (tertiary/aromatic N) is 1. The first kappa shape index (κ1) is 19.8. The molecule has 2 aliphatic heterocycles. The van der Waals surface area contributed by atoms with Crippen molar-refractivity contribution in [3.8, 4) is 0 Å². The second-order valence-corrected chi connectivity index (χ2v) is 8.27. The van der Waals surface area contributed by atoms with Crippen LogP contribution >= 0.6 is 0 Å². The molecule has 4 heteroatoms. The van der Waals surface area contributed by atoms with Gasteiger partial charge in [0.1, 0.15) is 11.5 Å². The van der Waals surface area contributed by atoms with Crippen molar-refractivity contribution in [3.05, 3.63) is 64.6 Å². The topological polar surface area (TPSA) is 53.2 Å². The van der Waals surface area contributed by atoms with Gasteiger partial charge in [-0.3, -0.25) is 0 Å². The smallest absolute Gasteiger partial charge is 0.146 e. The van der Waals surface area contributed by atoms with Crippen molar-refractivity contribution < 1.29 is 4.74 Å². The average Bonchev–Trinajstić information content (AvgIpc) is 3.46. The molecule has 2 aromatic heterocycles. The van der Waals surface area contributed by atoms with Gasteiger partial charge in [0.15, 0.2) is 0 Å². The monoisotopic (exact) mass is 391 g/mol. The molecule has 0 fully saturated rings. The van der Waals surface area contributed by atoms with Crippen LogP contribution in [0, 0.1) is 0 Å². The number of hydrogen-bond acceptors (Lipinski definition) is 2. The Labute approximate surface area is 174 Å². The van der Waals surface area contributed by atoms with Gasteiger partial charge < -0.3 is 14.7 Å². The highest BCUT2D eigenvalue weighted by molar-refractivity contribution is 6.11. The van der Waals surface area contributed by atoms with Gasteiger partial charge in [0.2, 0.25) is 0 Å². The Balaban J connectivity index is 1.64. The molecule has 4 nitrogen and oxygen atoms in total. The van der Waals surface area contributed by atoms with Crippen molar-refractivity contribution >= 4 is 11.8 Å². The van der Waals surface area contributed by atoms with E-state index < -0.39 is 0 Å². The van der Waals surface area contributed by atoms with Crippen molar-refractivity contribution in [1.82, 2.24) is 9.97 Å². The summed E-state index contributed by atoms with van der Waals surface area (Å²) in [5.41, 5.74) is 6.61. The van der Waals surface area contributed by atoms with Gasteiger partial charge in [0, 0.05) is 23.2 Å². The SMILES string of the molecule is CCC1CCCCCCCCc2ccc([nH]2)C=C2N=C(C=C2OC)c2ccc1[nH]2. The second kappa shape index (κ2) is 9.34. The Kier molecular flexibility index (Phi) is 6.38. The number of ether oxygens (including phenoxy) is 1. The van der Waals surface area contributed by atoms with E-state index >= 15 is 0 Å². The van der Waals surface area contributed by atoms with Crippen LogP contribution in [0.4, 0.5) is 0 Å². The number of aromatic nitrogens is 2. The third kappa shape index (κ3) is 4.75. The Morgan fingerprint density at radius 1 is 0.966 bits per heavy atom. The van der Waals surface area contributed by atoms with Crippen molar-refractivity contribution in [1.29, 1.82) is 0 Å². The van der Waals surface area contributed by atoms with Crippen LogP contribution in [0.5, 0.6) is 0 Å². The molecular weight excluding hydrogens is 358 g/mol. The normalized spacial score (nSPS) is 20.8. The number of aryl methyl sites for hydroxylation is 1. The molecule has 1 atom stereocenters. The molecule has 0 spiro atoms.